The van der Waals surface area contributed by atoms with Crippen LogP contribution in [0.4, 0.5) is 0 Å². The maximum Gasteiger partial charge on any atom is 0.221 e. The van der Waals surface area contributed by atoms with Gasteiger partial charge in [0.25, 0.3) is 0 Å². The Balaban J connectivity index is 2.98. The highest BCUT2D eigenvalue weighted by Crippen LogP contribution is 1.98. The summed E-state index contributed by atoms with van der Waals surface area (Å²) in [7, 11) is 4.03. The first-order valence-electron chi connectivity index (χ1n) is 3.46. The second kappa shape index (κ2) is 5.69. The summed E-state index contributed by atoms with van der Waals surface area (Å²) in [6, 6.07) is 0. The van der Waals surface area contributed by atoms with Gasteiger partial charge in [-0.3, -0.25) is 4.79 Å². The predicted molar refractivity (Wildman–Crippen MR) is 43.3 cm³/mol. The van der Waals surface area contributed by atoms with Crippen molar-refractivity contribution in [2.45, 2.75) is 19.3 Å². The molecular formula is C7H14ClNO. The van der Waals surface area contributed by atoms with E-state index in [0.29, 0.717) is 6.42 Å². The second-order valence-corrected chi connectivity index (χ2v) is 3.04. The number of hydrogen-bond donors (Lipinski definition) is 0. The van der Waals surface area contributed by atoms with Crippen molar-refractivity contribution in [2.75, 3.05) is 20.6 Å². The largest absolute Gasteiger partial charge is 0.309 e. The van der Waals surface area contributed by atoms with Crippen molar-refractivity contribution >= 4 is 16.8 Å². The van der Waals surface area contributed by atoms with Crippen LogP contribution in [0.15, 0.2) is 0 Å². The van der Waals surface area contributed by atoms with Crippen LogP contribution in [0.3, 0.4) is 0 Å². The molecule has 0 amide bonds. The van der Waals surface area contributed by atoms with Gasteiger partial charge in [0.05, 0.1) is 0 Å². The van der Waals surface area contributed by atoms with Gasteiger partial charge < -0.3 is 4.90 Å². The summed E-state index contributed by atoms with van der Waals surface area (Å²) in [4.78, 5) is 12.3. The molecule has 3 heteroatoms. The number of halogens is 1. The van der Waals surface area contributed by atoms with Gasteiger partial charge in [-0.1, -0.05) is 0 Å². The van der Waals surface area contributed by atoms with Crippen LogP contribution in [0.25, 0.3) is 0 Å². The average Bonchev–Trinajstić information content (AvgIpc) is 1.79. The Morgan fingerprint density at radius 1 is 1.40 bits per heavy atom. The van der Waals surface area contributed by atoms with E-state index in [4.69, 9.17) is 11.6 Å². The Morgan fingerprint density at radius 2 is 2.00 bits per heavy atom. The van der Waals surface area contributed by atoms with Crippen molar-refractivity contribution in [3.05, 3.63) is 0 Å². The summed E-state index contributed by atoms with van der Waals surface area (Å²) < 4.78 is 0. The standard InChI is InChI=1S/C7H14ClNO/c1-9(2)6-4-3-5-7(8)10/h3-6H2,1-2H3. The van der Waals surface area contributed by atoms with Crippen LogP contribution in [0.5, 0.6) is 0 Å². The fourth-order valence-corrected chi connectivity index (χ4v) is 0.826. The number of carbonyl (C=O) groups excluding carboxylic acids is 1. The molecule has 0 heterocycles. The monoisotopic (exact) mass is 163 g/mol. The second-order valence-electron chi connectivity index (χ2n) is 2.62. The fourth-order valence-electron chi connectivity index (χ4n) is 0.692. The summed E-state index contributed by atoms with van der Waals surface area (Å²) in [5.74, 6) is 0. The normalized spacial score (nSPS) is 10.4. The highest BCUT2D eigenvalue weighted by atomic mass is 35.5. The Hall–Kier alpha value is -0.0800. The summed E-state index contributed by atoms with van der Waals surface area (Å²) in [5.41, 5.74) is 0. The van der Waals surface area contributed by atoms with E-state index < -0.39 is 0 Å². The van der Waals surface area contributed by atoms with Gasteiger partial charge in [-0.2, -0.15) is 0 Å². The zero-order valence-electron chi connectivity index (χ0n) is 6.56. The number of hydrogen-bond acceptors (Lipinski definition) is 2. The quantitative estimate of drug-likeness (QED) is 0.452. The molecule has 0 rings (SSSR count). The summed E-state index contributed by atoms with van der Waals surface area (Å²) in [5, 5.41) is -0.223. The molecule has 0 spiro atoms. The van der Waals surface area contributed by atoms with Gasteiger partial charge in [-0.25, -0.2) is 0 Å². The Kier molecular flexibility index (Phi) is 5.64. The predicted octanol–water partition coefficient (Wildman–Crippen LogP) is 1.48. The van der Waals surface area contributed by atoms with E-state index in [9.17, 15) is 4.79 Å². The third kappa shape index (κ3) is 7.92. The molecule has 0 N–H and O–H groups in total. The third-order valence-corrected chi connectivity index (χ3v) is 1.42. The molecule has 0 fully saturated rings. The van der Waals surface area contributed by atoms with E-state index in [0.717, 1.165) is 19.4 Å². The molecule has 0 aromatic carbocycles. The van der Waals surface area contributed by atoms with Crippen LogP contribution in [0, 0.1) is 0 Å². The summed E-state index contributed by atoms with van der Waals surface area (Å²) in [6.45, 7) is 1.03. The van der Waals surface area contributed by atoms with Gasteiger partial charge in [0.15, 0.2) is 0 Å². The van der Waals surface area contributed by atoms with Crippen LogP contribution in [0.2, 0.25) is 0 Å². The molecule has 2 nitrogen and oxygen atoms in total. The first kappa shape index (κ1) is 9.92. The van der Waals surface area contributed by atoms with E-state index in [1.54, 1.807) is 0 Å². The lowest BCUT2D eigenvalue weighted by Gasteiger charge is -2.07. The Labute approximate surface area is 67.2 Å². The molecule has 0 bridgehead atoms. The van der Waals surface area contributed by atoms with Gasteiger partial charge >= 0.3 is 0 Å². The van der Waals surface area contributed by atoms with Gasteiger partial charge in [0, 0.05) is 6.42 Å². The summed E-state index contributed by atoms with van der Waals surface area (Å²) in [6.07, 6.45) is 2.46. The average molecular weight is 164 g/mol. The third-order valence-electron chi connectivity index (χ3n) is 1.23. The molecule has 0 saturated heterocycles. The number of rotatable bonds is 5. The van der Waals surface area contributed by atoms with Crippen LogP contribution < -0.4 is 0 Å². The molecular weight excluding hydrogens is 150 g/mol. The van der Waals surface area contributed by atoms with Crippen molar-refractivity contribution in [3.63, 3.8) is 0 Å². The van der Waals surface area contributed by atoms with Gasteiger partial charge in [0.2, 0.25) is 5.24 Å². The zero-order chi connectivity index (χ0) is 7.98. The van der Waals surface area contributed by atoms with Crippen molar-refractivity contribution in [2.24, 2.45) is 0 Å². The maximum atomic E-state index is 10.2. The molecule has 0 radical (unpaired) electrons. The van der Waals surface area contributed by atoms with Gasteiger partial charge in [-0.05, 0) is 45.1 Å². The molecule has 0 aromatic rings. The number of carbonyl (C=O) groups is 1. The highest BCUT2D eigenvalue weighted by molar-refractivity contribution is 6.63. The first-order valence-corrected chi connectivity index (χ1v) is 3.84. The topological polar surface area (TPSA) is 20.3 Å². The van der Waals surface area contributed by atoms with Gasteiger partial charge in [0.1, 0.15) is 0 Å². The fraction of sp³-hybridized carbons (Fsp3) is 0.857. The van der Waals surface area contributed by atoms with E-state index in [2.05, 4.69) is 4.90 Å². The number of nitrogens with zero attached hydrogens (tertiary/aromatic N) is 1. The van der Waals surface area contributed by atoms with E-state index >= 15 is 0 Å². The zero-order valence-corrected chi connectivity index (χ0v) is 7.32. The smallest absolute Gasteiger partial charge is 0.221 e. The minimum absolute atomic E-state index is 0.223. The molecule has 0 unspecified atom stereocenters. The van der Waals surface area contributed by atoms with Crippen molar-refractivity contribution in [3.8, 4) is 0 Å². The summed E-state index contributed by atoms with van der Waals surface area (Å²) >= 11 is 5.14. The van der Waals surface area contributed by atoms with E-state index in [1.165, 1.54) is 0 Å². The van der Waals surface area contributed by atoms with Crippen molar-refractivity contribution < 1.29 is 4.79 Å². The van der Waals surface area contributed by atoms with E-state index in [1.807, 2.05) is 14.1 Å². The first-order chi connectivity index (χ1) is 4.63. The molecule has 0 aliphatic carbocycles. The lowest BCUT2D eigenvalue weighted by atomic mass is 10.2. The van der Waals surface area contributed by atoms with Crippen molar-refractivity contribution in [1.29, 1.82) is 0 Å². The Bertz CT molecular complexity index is 104. The maximum absolute atomic E-state index is 10.2. The Morgan fingerprint density at radius 3 is 2.40 bits per heavy atom. The van der Waals surface area contributed by atoms with Gasteiger partial charge in [-0.15, -0.1) is 0 Å². The molecule has 0 saturated carbocycles. The number of unbranched alkanes of at least 4 members (excludes halogenated alkanes) is 1. The highest BCUT2D eigenvalue weighted by Gasteiger charge is 1.95. The van der Waals surface area contributed by atoms with Crippen LogP contribution in [0.1, 0.15) is 19.3 Å². The van der Waals surface area contributed by atoms with Crippen LogP contribution in [-0.2, 0) is 4.79 Å². The van der Waals surface area contributed by atoms with Crippen molar-refractivity contribution in [1.82, 2.24) is 4.90 Å². The SMILES string of the molecule is CN(C)CCCCC(=O)Cl. The minimum atomic E-state index is -0.223. The molecule has 0 atom stereocenters. The molecule has 10 heavy (non-hydrogen) atoms. The van der Waals surface area contributed by atoms with E-state index in [-0.39, 0.29) is 5.24 Å². The molecule has 0 aliphatic heterocycles. The lowest BCUT2D eigenvalue weighted by molar-refractivity contribution is -0.111. The molecule has 60 valence electrons. The molecule has 0 aromatic heterocycles. The van der Waals surface area contributed by atoms with Crippen LogP contribution >= 0.6 is 11.6 Å². The van der Waals surface area contributed by atoms with Crippen LogP contribution in [-0.4, -0.2) is 30.8 Å². The minimum Gasteiger partial charge on any atom is -0.309 e. The lowest BCUT2D eigenvalue weighted by Crippen LogP contribution is -2.12. The molecule has 0 aliphatic rings.